The van der Waals surface area contributed by atoms with Gasteiger partial charge in [-0.25, -0.2) is 9.67 Å². The molecular weight excluding hydrogens is 370 g/mol. The van der Waals surface area contributed by atoms with E-state index in [4.69, 9.17) is 10.2 Å². The minimum absolute atomic E-state index is 0.142. The van der Waals surface area contributed by atoms with Gasteiger partial charge in [-0.15, -0.1) is 5.10 Å². The van der Waals surface area contributed by atoms with Crippen molar-refractivity contribution in [2.45, 2.75) is 18.9 Å². The van der Waals surface area contributed by atoms with E-state index in [1.165, 1.54) is 4.52 Å². The van der Waals surface area contributed by atoms with Gasteiger partial charge >= 0.3 is 0 Å². The summed E-state index contributed by atoms with van der Waals surface area (Å²) in [6.07, 6.45) is 4.58. The maximum absolute atomic E-state index is 12.3. The summed E-state index contributed by atoms with van der Waals surface area (Å²) in [6, 6.07) is 13.0. The molecule has 5 aromatic rings. The molecule has 4 aromatic heterocycles. The van der Waals surface area contributed by atoms with E-state index in [0.717, 1.165) is 11.8 Å². The van der Waals surface area contributed by atoms with Crippen LogP contribution < -0.4 is 5.73 Å². The molecule has 9 nitrogen and oxygen atoms in total. The number of fused-ring (bicyclic) bond motifs is 3. The maximum atomic E-state index is 12.3. The van der Waals surface area contributed by atoms with Gasteiger partial charge in [-0.2, -0.15) is 14.6 Å². The molecule has 9 heteroatoms. The quantitative estimate of drug-likeness (QED) is 0.461. The largest absolute Gasteiger partial charge is 0.461 e. The third-order valence-electron chi connectivity index (χ3n) is 5.16. The number of furan rings is 1. The van der Waals surface area contributed by atoms with Crippen molar-refractivity contribution in [3.8, 4) is 11.6 Å². The minimum Gasteiger partial charge on any atom is -0.461 e. The SMILES string of the molecule is CCC(C=O)(c1ccccc1)n1ncc2c1nc(N)n1nc(-c3ccco3)nc21. The number of hydrogen-bond donors (Lipinski definition) is 1. The summed E-state index contributed by atoms with van der Waals surface area (Å²) < 4.78 is 8.45. The number of hydrogen-bond acceptors (Lipinski definition) is 7. The average Bonchev–Trinajstić information content (AvgIpc) is 3.50. The molecule has 0 fully saturated rings. The summed E-state index contributed by atoms with van der Waals surface area (Å²) >= 11 is 0. The Kier molecular flexibility index (Phi) is 3.70. The highest BCUT2D eigenvalue weighted by Gasteiger charge is 2.35. The Morgan fingerprint density at radius 3 is 2.66 bits per heavy atom. The van der Waals surface area contributed by atoms with E-state index in [9.17, 15) is 4.79 Å². The van der Waals surface area contributed by atoms with Crippen molar-refractivity contribution in [2.24, 2.45) is 0 Å². The molecule has 144 valence electrons. The van der Waals surface area contributed by atoms with Crippen LogP contribution in [0.2, 0.25) is 0 Å². The lowest BCUT2D eigenvalue weighted by Crippen LogP contribution is -2.37. The van der Waals surface area contributed by atoms with Gasteiger partial charge < -0.3 is 14.9 Å². The number of benzene rings is 1. The van der Waals surface area contributed by atoms with Crippen LogP contribution in [-0.2, 0) is 10.3 Å². The topological polar surface area (TPSA) is 117 Å². The van der Waals surface area contributed by atoms with Gasteiger partial charge in [0.15, 0.2) is 23.3 Å². The molecule has 4 heterocycles. The van der Waals surface area contributed by atoms with Crippen LogP contribution in [0.25, 0.3) is 28.3 Å². The molecule has 0 amide bonds. The number of rotatable bonds is 5. The third kappa shape index (κ3) is 2.37. The summed E-state index contributed by atoms with van der Waals surface area (Å²) in [7, 11) is 0. The molecule has 0 saturated heterocycles. The molecule has 0 bridgehead atoms. The number of carbonyl (C=O) groups excluding carboxylic acids is 1. The molecule has 0 aliphatic carbocycles. The average molecular weight is 387 g/mol. The summed E-state index contributed by atoms with van der Waals surface area (Å²) in [5.41, 5.74) is 6.94. The van der Waals surface area contributed by atoms with Gasteiger partial charge in [0, 0.05) is 0 Å². The maximum Gasteiger partial charge on any atom is 0.225 e. The molecular formula is C20H17N7O2. The first-order chi connectivity index (χ1) is 14.2. The van der Waals surface area contributed by atoms with Gasteiger partial charge in [-0.3, -0.25) is 0 Å². The predicted octanol–water partition coefficient (Wildman–Crippen LogP) is 2.67. The van der Waals surface area contributed by atoms with Crippen LogP contribution in [0.1, 0.15) is 18.9 Å². The van der Waals surface area contributed by atoms with Crippen molar-refractivity contribution in [3.05, 3.63) is 60.5 Å². The van der Waals surface area contributed by atoms with Crippen LogP contribution in [-0.4, -0.2) is 35.6 Å². The fourth-order valence-corrected chi connectivity index (χ4v) is 3.62. The minimum atomic E-state index is -1.01. The molecule has 29 heavy (non-hydrogen) atoms. The first-order valence-corrected chi connectivity index (χ1v) is 9.14. The lowest BCUT2D eigenvalue weighted by molar-refractivity contribution is -0.114. The second-order valence-electron chi connectivity index (χ2n) is 6.67. The van der Waals surface area contributed by atoms with E-state index < -0.39 is 5.54 Å². The molecule has 1 aromatic carbocycles. The Labute approximate surface area is 164 Å². The van der Waals surface area contributed by atoms with Crippen LogP contribution in [0.4, 0.5) is 5.95 Å². The zero-order valence-corrected chi connectivity index (χ0v) is 15.6. The molecule has 0 radical (unpaired) electrons. The van der Waals surface area contributed by atoms with Crippen molar-refractivity contribution in [2.75, 3.05) is 5.73 Å². The summed E-state index contributed by atoms with van der Waals surface area (Å²) in [6.45, 7) is 1.93. The van der Waals surface area contributed by atoms with E-state index in [-0.39, 0.29) is 5.95 Å². The second kappa shape index (κ2) is 6.26. The van der Waals surface area contributed by atoms with E-state index in [0.29, 0.717) is 34.7 Å². The fourth-order valence-electron chi connectivity index (χ4n) is 3.62. The summed E-state index contributed by atoms with van der Waals surface area (Å²) in [5.74, 6) is 1.06. The van der Waals surface area contributed by atoms with Gasteiger partial charge in [0.05, 0.1) is 17.8 Å². The first-order valence-electron chi connectivity index (χ1n) is 9.14. The normalized spacial score (nSPS) is 13.7. The Balaban J connectivity index is 1.79. The molecule has 0 aliphatic heterocycles. The zero-order chi connectivity index (χ0) is 20.0. The monoisotopic (exact) mass is 387 g/mol. The Morgan fingerprint density at radius 1 is 1.14 bits per heavy atom. The fraction of sp³-hybridized carbons (Fsp3) is 0.150. The standard InChI is InChI=1S/C20H17N7O2/c1-2-20(12-28,13-7-4-3-5-8-13)27-18-14(11-22-27)17-23-16(15-9-6-10-29-15)25-26(17)19(21)24-18/h3-12H,2H2,1H3,(H2,21,24). The number of nitrogen functional groups attached to an aromatic ring is 1. The van der Waals surface area contributed by atoms with Crippen LogP contribution in [0.3, 0.4) is 0 Å². The molecule has 0 spiro atoms. The second-order valence-corrected chi connectivity index (χ2v) is 6.67. The van der Waals surface area contributed by atoms with Gasteiger partial charge in [0.1, 0.15) is 5.54 Å². The number of nitrogens with zero attached hydrogens (tertiary/aromatic N) is 6. The highest BCUT2D eigenvalue weighted by molar-refractivity contribution is 5.91. The first kappa shape index (κ1) is 17.1. The van der Waals surface area contributed by atoms with Crippen LogP contribution >= 0.6 is 0 Å². The predicted molar refractivity (Wildman–Crippen MR) is 106 cm³/mol. The molecule has 1 unspecified atom stereocenters. The van der Waals surface area contributed by atoms with E-state index in [2.05, 4.69) is 20.2 Å². The smallest absolute Gasteiger partial charge is 0.225 e. The van der Waals surface area contributed by atoms with E-state index in [1.54, 1.807) is 29.3 Å². The van der Waals surface area contributed by atoms with Crippen LogP contribution in [0.5, 0.6) is 0 Å². The molecule has 0 aliphatic rings. The van der Waals surface area contributed by atoms with Gasteiger partial charge in [0.2, 0.25) is 11.8 Å². The zero-order valence-electron chi connectivity index (χ0n) is 15.6. The lowest BCUT2D eigenvalue weighted by atomic mass is 9.89. The van der Waals surface area contributed by atoms with Crippen molar-refractivity contribution >= 4 is 28.9 Å². The van der Waals surface area contributed by atoms with Gasteiger partial charge in [0.25, 0.3) is 0 Å². The van der Waals surface area contributed by atoms with Crippen molar-refractivity contribution < 1.29 is 9.21 Å². The Morgan fingerprint density at radius 2 is 1.97 bits per heavy atom. The number of aldehydes is 1. The summed E-state index contributed by atoms with van der Waals surface area (Å²) in [5, 5.41) is 9.54. The highest BCUT2D eigenvalue weighted by Crippen LogP contribution is 2.32. The van der Waals surface area contributed by atoms with E-state index in [1.807, 2.05) is 37.3 Å². The van der Waals surface area contributed by atoms with Crippen molar-refractivity contribution in [1.29, 1.82) is 0 Å². The van der Waals surface area contributed by atoms with Gasteiger partial charge in [-0.05, 0) is 24.1 Å². The van der Waals surface area contributed by atoms with E-state index >= 15 is 0 Å². The molecule has 5 rings (SSSR count). The summed E-state index contributed by atoms with van der Waals surface area (Å²) in [4.78, 5) is 21.4. The number of carbonyl (C=O) groups is 1. The lowest BCUT2D eigenvalue weighted by Gasteiger charge is -2.28. The van der Waals surface area contributed by atoms with Gasteiger partial charge in [-0.1, -0.05) is 37.3 Å². The van der Waals surface area contributed by atoms with Crippen LogP contribution in [0, 0.1) is 0 Å². The van der Waals surface area contributed by atoms with Crippen molar-refractivity contribution in [3.63, 3.8) is 0 Å². The molecule has 1 atom stereocenters. The Hall–Kier alpha value is -4.01. The van der Waals surface area contributed by atoms with Crippen LogP contribution in [0.15, 0.2) is 59.3 Å². The molecule has 0 saturated carbocycles. The number of aromatic nitrogens is 6. The third-order valence-corrected chi connectivity index (χ3v) is 5.16. The Bertz CT molecular complexity index is 1320. The number of anilines is 1. The van der Waals surface area contributed by atoms with Crippen molar-refractivity contribution in [1.82, 2.24) is 29.4 Å². The highest BCUT2D eigenvalue weighted by atomic mass is 16.3. The number of nitrogens with two attached hydrogens (primary N) is 1. The molecule has 2 N–H and O–H groups in total.